The molecular formula is C20H19N3O2. The van der Waals surface area contributed by atoms with Crippen LogP contribution < -0.4 is 9.47 Å². The van der Waals surface area contributed by atoms with Gasteiger partial charge >= 0.3 is 0 Å². The Morgan fingerprint density at radius 2 is 1.76 bits per heavy atom. The zero-order valence-corrected chi connectivity index (χ0v) is 14.1. The minimum absolute atomic E-state index is 0.449. The number of benzene rings is 1. The van der Waals surface area contributed by atoms with Gasteiger partial charge in [0.15, 0.2) is 0 Å². The first-order chi connectivity index (χ1) is 12.3. The Morgan fingerprint density at radius 3 is 2.64 bits per heavy atom. The maximum Gasteiger partial charge on any atom is 0.246 e. The van der Waals surface area contributed by atoms with Gasteiger partial charge in [-0.3, -0.25) is 4.98 Å². The molecule has 0 atom stereocenters. The predicted octanol–water partition coefficient (Wildman–Crippen LogP) is 4.22. The molecule has 1 aliphatic rings. The first kappa shape index (κ1) is 15.6. The van der Waals surface area contributed by atoms with E-state index in [4.69, 9.17) is 9.47 Å². The van der Waals surface area contributed by atoms with Gasteiger partial charge in [0, 0.05) is 24.8 Å². The molecule has 0 amide bonds. The van der Waals surface area contributed by atoms with E-state index in [1.165, 1.54) is 24.0 Å². The Labute approximate surface area is 146 Å². The molecule has 2 aromatic heterocycles. The standard InChI is InChI=1S/C20H19N3O2/c1-24-18-8-9-21-13-17(18)19-20(23-11-10-22-19)25-16-7-6-14-4-2-3-5-15(14)12-16/h6-13H,2-5H2,1H3. The quantitative estimate of drug-likeness (QED) is 0.715. The van der Waals surface area contributed by atoms with Crippen molar-refractivity contribution in [2.24, 2.45) is 0 Å². The van der Waals surface area contributed by atoms with Crippen molar-refractivity contribution in [2.45, 2.75) is 25.7 Å². The average molecular weight is 333 g/mol. The van der Waals surface area contributed by atoms with Gasteiger partial charge in [-0.25, -0.2) is 9.97 Å². The molecule has 0 saturated carbocycles. The van der Waals surface area contributed by atoms with Gasteiger partial charge in [-0.1, -0.05) is 6.07 Å². The Kier molecular flexibility index (Phi) is 4.29. The smallest absolute Gasteiger partial charge is 0.246 e. The predicted molar refractivity (Wildman–Crippen MR) is 95.0 cm³/mol. The minimum Gasteiger partial charge on any atom is -0.496 e. The zero-order chi connectivity index (χ0) is 17.1. The SMILES string of the molecule is COc1ccncc1-c1nccnc1Oc1ccc2c(c1)CCCC2. The number of methoxy groups -OCH3 is 1. The maximum atomic E-state index is 6.07. The van der Waals surface area contributed by atoms with Crippen molar-refractivity contribution in [2.75, 3.05) is 7.11 Å². The molecule has 4 rings (SSSR count). The summed E-state index contributed by atoms with van der Waals surface area (Å²) in [4.78, 5) is 13.0. The molecule has 3 aromatic rings. The first-order valence-electron chi connectivity index (χ1n) is 8.44. The fourth-order valence-electron chi connectivity index (χ4n) is 3.21. The number of nitrogens with zero attached hydrogens (tertiary/aromatic N) is 3. The Hall–Kier alpha value is -2.95. The van der Waals surface area contributed by atoms with Gasteiger partial charge in [0.25, 0.3) is 0 Å². The molecule has 1 aromatic carbocycles. The lowest BCUT2D eigenvalue weighted by Crippen LogP contribution is -2.03. The van der Waals surface area contributed by atoms with Gasteiger partial charge in [0.2, 0.25) is 5.88 Å². The molecule has 5 heteroatoms. The number of hydrogen-bond acceptors (Lipinski definition) is 5. The van der Waals surface area contributed by atoms with Crippen LogP contribution in [0.1, 0.15) is 24.0 Å². The summed E-state index contributed by atoms with van der Waals surface area (Å²) in [5.74, 6) is 1.92. The van der Waals surface area contributed by atoms with Crippen LogP contribution in [0.3, 0.4) is 0 Å². The maximum absolute atomic E-state index is 6.07. The van der Waals surface area contributed by atoms with Crippen LogP contribution in [-0.4, -0.2) is 22.1 Å². The van der Waals surface area contributed by atoms with Crippen molar-refractivity contribution in [3.63, 3.8) is 0 Å². The van der Waals surface area contributed by atoms with E-state index in [1.54, 1.807) is 38.0 Å². The molecule has 0 saturated heterocycles. The number of ether oxygens (including phenoxy) is 2. The number of aromatic nitrogens is 3. The Morgan fingerprint density at radius 1 is 0.920 bits per heavy atom. The molecule has 0 radical (unpaired) electrons. The summed E-state index contributed by atoms with van der Waals surface area (Å²) in [6.07, 6.45) is 11.4. The van der Waals surface area contributed by atoms with Gasteiger partial charge < -0.3 is 9.47 Å². The number of hydrogen-bond donors (Lipinski definition) is 0. The number of fused-ring (bicyclic) bond motifs is 1. The normalized spacial score (nSPS) is 13.2. The Bertz CT molecular complexity index is 896. The number of rotatable bonds is 4. The lowest BCUT2D eigenvalue weighted by molar-refractivity contribution is 0.414. The van der Waals surface area contributed by atoms with Crippen molar-refractivity contribution >= 4 is 0 Å². The van der Waals surface area contributed by atoms with E-state index in [1.807, 2.05) is 6.07 Å². The first-order valence-corrected chi connectivity index (χ1v) is 8.44. The van der Waals surface area contributed by atoms with Gasteiger partial charge in [-0.05, 0) is 55.0 Å². The van der Waals surface area contributed by atoms with Gasteiger partial charge in [-0.15, -0.1) is 0 Å². The highest BCUT2D eigenvalue weighted by Gasteiger charge is 2.16. The molecular weight excluding hydrogens is 314 g/mol. The van der Waals surface area contributed by atoms with Crippen LogP contribution in [0.5, 0.6) is 17.4 Å². The van der Waals surface area contributed by atoms with Crippen LogP contribution in [0.15, 0.2) is 49.1 Å². The lowest BCUT2D eigenvalue weighted by atomic mass is 9.92. The molecule has 126 valence electrons. The van der Waals surface area contributed by atoms with Gasteiger partial charge in [0.05, 0.1) is 12.7 Å². The van der Waals surface area contributed by atoms with E-state index >= 15 is 0 Å². The van der Waals surface area contributed by atoms with Crippen molar-refractivity contribution in [3.05, 3.63) is 60.2 Å². The highest BCUT2D eigenvalue weighted by atomic mass is 16.5. The van der Waals surface area contributed by atoms with Gasteiger partial charge in [-0.2, -0.15) is 0 Å². The van der Waals surface area contributed by atoms with Crippen LogP contribution in [0.25, 0.3) is 11.3 Å². The molecule has 5 nitrogen and oxygen atoms in total. The molecule has 0 N–H and O–H groups in total. The van der Waals surface area contributed by atoms with Crippen molar-refractivity contribution in [1.29, 1.82) is 0 Å². The molecule has 0 unspecified atom stereocenters. The molecule has 2 heterocycles. The van der Waals surface area contributed by atoms with E-state index in [0.717, 1.165) is 24.2 Å². The number of aryl methyl sites for hydroxylation is 2. The molecule has 0 spiro atoms. The van der Waals surface area contributed by atoms with E-state index in [9.17, 15) is 0 Å². The summed E-state index contributed by atoms with van der Waals surface area (Å²) in [5.41, 5.74) is 4.16. The molecule has 0 fully saturated rings. The fraction of sp³-hybridized carbons (Fsp3) is 0.250. The largest absolute Gasteiger partial charge is 0.496 e. The summed E-state index contributed by atoms with van der Waals surface area (Å²) >= 11 is 0. The van der Waals surface area contributed by atoms with Crippen LogP contribution in [0.4, 0.5) is 0 Å². The van der Waals surface area contributed by atoms with Crippen LogP contribution in [0, 0.1) is 0 Å². The van der Waals surface area contributed by atoms with Crippen LogP contribution in [0.2, 0.25) is 0 Å². The van der Waals surface area contributed by atoms with Crippen molar-refractivity contribution in [1.82, 2.24) is 15.0 Å². The van der Waals surface area contributed by atoms with E-state index in [0.29, 0.717) is 17.3 Å². The lowest BCUT2D eigenvalue weighted by Gasteiger charge is -2.17. The summed E-state index contributed by atoms with van der Waals surface area (Å²) < 4.78 is 11.5. The zero-order valence-electron chi connectivity index (χ0n) is 14.1. The minimum atomic E-state index is 0.449. The monoisotopic (exact) mass is 333 g/mol. The summed E-state index contributed by atoms with van der Waals surface area (Å²) in [6, 6.07) is 8.08. The molecule has 25 heavy (non-hydrogen) atoms. The third kappa shape index (κ3) is 3.18. The summed E-state index contributed by atoms with van der Waals surface area (Å²) in [7, 11) is 1.62. The van der Waals surface area contributed by atoms with Crippen LogP contribution >= 0.6 is 0 Å². The Balaban J connectivity index is 1.70. The summed E-state index contributed by atoms with van der Waals surface area (Å²) in [6.45, 7) is 0. The van der Waals surface area contributed by atoms with Crippen molar-refractivity contribution < 1.29 is 9.47 Å². The third-order valence-corrected chi connectivity index (χ3v) is 4.46. The van der Waals surface area contributed by atoms with Crippen molar-refractivity contribution in [3.8, 4) is 28.6 Å². The number of pyridine rings is 1. The second-order valence-corrected chi connectivity index (χ2v) is 6.03. The summed E-state index contributed by atoms with van der Waals surface area (Å²) in [5, 5.41) is 0. The topological polar surface area (TPSA) is 57.1 Å². The van der Waals surface area contributed by atoms with Gasteiger partial charge in [0.1, 0.15) is 17.2 Å². The molecule has 0 aliphatic heterocycles. The highest BCUT2D eigenvalue weighted by Crippen LogP contribution is 2.35. The highest BCUT2D eigenvalue weighted by molar-refractivity contribution is 5.70. The third-order valence-electron chi connectivity index (χ3n) is 4.46. The van der Waals surface area contributed by atoms with E-state index in [2.05, 4.69) is 27.1 Å². The second-order valence-electron chi connectivity index (χ2n) is 6.03. The van der Waals surface area contributed by atoms with E-state index < -0.39 is 0 Å². The van der Waals surface area contributed by atoms with E-state index in [-0.39, 0.29) is 0 Å². The fourth-order valence-corrected chi connectivity index (χ4v) is 3.21. The van der Waals surface area contributed by atoms with Crippen LogP contribution in [-0.2, 0) is 12.8 Å². The average Bonchev–Trinajstić information content (AvgIpc) is 2.68. The molecule has 0 bridgehead atoms. The molecule has 1 aliphatic carbocycles. The second kappa shape index (κ2) is 6.89.